The lowest BCUT2D eigenvalue weighted by Gasteiger charge is -2.21. The predicted molar refractivity (Wildman–Crippen MR) is 89.3 cm³/mol. The van der Waals surface area contributed by atoms with E-state index in [2.05, 4.69) is 10.0 Å². The van der Waals surface area contributed by atoms with Gasteiger partial charge in [0.1, 0.15) is 0 Å². The fourth-order valence-electron chi connectivity index (χ4n) is 2.90. The van der Waals surface area contributed by atoms with Crippen molar-refractivity contribution in [3.05, 3.63) is 24.3 Å². The minimum atomic E-state index is -3.37. The molecule has 122 valence electrons. The molecule has 6 heteroatoms. The van der Waals surface area contributed by atoms with Crippen LogP contribution in [0.15, 0.2) is 24.3 Å². The zero-order valence-corrected chi connectivity index (χ0v) is 13.8. The van der Waals surface area contributed by atoms with Gasteiger partial charge < -0.3 is 5.32 Å². The summed E-state index contributed by atoms with van der Waals surface area (Å²) in [5.74, 6) is 0.595. The Morgan fingerprint density at radius 1 is 1.14 bits per heavy atom. The summed E-state index contributed by atoms with van der Waals surface area (Å²) in [4.78, 5) is 12.1. The second-order valence-electron chi connectivity index (χ2n) is 6.01. The smallest absolute Gasteiger partial charge is 0.229 e. The van der Waals surface area contributed by atoms with Crippen LogP contribution in [-0.4, -0.2) is 20.6 Å². The van der Waals surface area contributed by atoms with Crippen LogP contribution in [0.5, 0.6) is 0 Å². The molecule has 1 saturated carbocycles. The summed E-state index contributed by atoms with van der Waals surface area (Å²) in [6.07, 6.45) is 8.78. The lowest BCUT2D eigenvalue weighted by molar-refractivity contribution is -0.116. The Labute approximate surface area is 132 Å². The highest BCUT2D eigenvalue weighted by Gasteiger charge is 2.15. The molecule has 0 aromatic heterocycles. The molecular weight excluding hydrogens is 300 g/mol. The Morgan fingerprint density at radius 3 is 2.41 bits per heavy atom. The first-order chi connectivity index (χ1) is 10.4. The van der Waals surface area contributed by atoms with E-state index in [1.807, 2.05) is 0 Å². The van der Waals surface area contributed by atoms with E-state index in [0.29, 0.717) is 23.7 Å². The molecule has 0 radical (unpaired) electrons. The van der Waals surface area contributed by atoms with Gasteiger partial charge in [0, 0.05) is 6.42 Å². The van der Waals surface area contributed by atoms with Crippen molar-refractivity contribution in [1.29, 1.82) is 0 Å². The number of para-hydroxylation sites is 2. The van der Waals surface area contributed by atoms with Crippen LogP contribution in [0.4, 0.5) is 11.4 Å². The fraction of sp³-hybridized carbons (Fsp3) is 0.562. The Bertz CT molecular complexity index is 608. The van der Waals surface area contributed by atoms with Gasteiger partial charge in [-0.3, -0.25) is 9.52 Å². The van der Waals surface area contributed by atoms with Crippen LogP contribution >= 0.6 is 0 Å². The molecule has 1 aliphatic rings. The van der Waals surface area contributed by atoms with Crippen molar-refractivity contribution < 1.29 is 13.2 Å². The third kappa shape index (κ3) is 5.67. The highest BCUT2D eigenvalue weighted by Crippen LogP contribution is 2.28. The van der Waals surface area contributed by atoms with Gasteiger partial charge in [-0.2, -0.15) is 0 Å². The fourth-order valence-corrected chi connectivity index (χ4v) is 3.48. The standard InChI is InChI=1S/C16H24N2O3S/c1-22(20,21)18-15-10-6-5-9-14(15)17-16(19)12-11-13-7-3-2-4-8-13/h5-6,9-10,13,18H,2-4,7-8,11-12H2,1H3,(H,17,19). The van der Waals surface area contributed by atoms with E-state index in [4.69, 9.17) is 0 Å². The molecule has 1 aromatic rings. The topological polar surface area (TPSA) is 75.3 Å². The lowest BCUT2D eigenvalue weighted by Crippen LogP contribution is -2.17. The Hall–Kier alpha value is -1.56. The minimum Gasteiger partial charge on any atom is -0.324 e. The van der Waals surface area contributed by atoms with Crippen LogP contribution in [-0.2, 0) is 14.8 Å². The number of hydrogen-bond acceptors (Lipinski definition) is 3. The number of sulfonamides is 1. The molecular formula is C16H24N2O3S. The van der Waals surface area contributed by atoms with Crippen molar-refractivity contribution >= 4 is 27.3 Å². The molecule has 1 amide bonds. The van der Waals surface area contributed by atoms with Gasteiger partial charge in [0.2, 0.25) is 15.9 Å². The number of carbonyl (C=O) groups is 1. The summed E-state index contributed by atoms with van der Waals surface area (Å²) in [6, 6.07) is 6.83. The average molecular weight is 324 g/mol. The Balaban J connectivity index is 1.90. The third-order valence-electron chi connectivity index (χ3n) is 4.00. The SMILES string of the molecule is CS(=O)(=O)Nc1ccccc1NC(=O)CCC1CCCCC1. The number of anilines is 2. The molecule has 0 atom stereocenters. The molecule has 0 unspecified atom stereocenters. The summed E-state index contributed by atoms with van der Waals surface area (Å²) < 4.78 is 25.1. The second kappa shape index (κ2) is 7.63. The molecule has 5 nitrogen and oxygen atoms in total. The molecule has 0 spiro atoms. The second-order valence-corrected chi connectivity index (χ2v) is 7.76. The first kappa shape index (κ1) is 16.8. The Morgan fingerprint density at radius 2 is 1.77 bits per heavy atom. The monoisotopic (exact) mass is 324 g/mol. The molecule has 0 saturated heterocycles. The van der Waals surface area contributed by atoms with Crippen molar-refractivity contribution in [2.24, 2.45) is 5.92 Å². The number of amides is 1. The molecule has 1 aliphatic carbocycles. The molecule has 0 aliphatic heterocycles. The summed E-state index contributed by atoms with van der Waals surface area (Å²) in [5, 5.41) is 2.81. The Kier molecular flexibility index (Phi) is 5.83. The number of rotatable bonds is 6. The van der Waals surface area contributed by atoms with Gasteiger partial charge in [-0.1, -0.05) is 44.2 Å². The summed E-state index contributed by atoms with van der Waals surface area (Å²) >= 11 is 0. The molecule has 0 bridgehead atoms. The predicted octanol–water partition coefficient (Wildman–Crippen LogP) is 3.36. The van der Waals surface area contributed by atoms with E-state index < -0.39 is 10.0 Å². The number of benzene rings is 1. The zero-order valence-electron chi connectivity index (χ0n) is 13.0. The summed E-state index contributed by atoms with van der Waals surface area (Å²) in [7, 11) is -3.37. The first-order valence-corrected chi connectivity index (χ1v) is 9.70. The molecule has 0 heterocycles. The van der Waals surface area contributed by atoms with Gasteiger partial charge >= 0.3 is 0 Å². The quantitative estimate of drug-likeness (QED) is 0.842. The highest BCUT2D eigenvalue weighted by atomic mass is 32.2. The normalized spacial score (nSPS) is 16.2. The molecule has 1 aromatic carbocycles. The first-order valence-electron chi connectivity index (χ1n) is 7.81. The van der Waals surface area contributed by atoms with Gasteiger partial charge in [-0.25, -0.2) is 8.42 Å². The van der Waals surface area contributed by atoms with Crippen molar-refractivity contribution in [2.75, 3.05) is 16.3 Å². The zero-order chi connectivity index (χ0) is 16.0. The highest BCUT2D eigenvalue weighted by molar-refractivity contribution is 7.92. The average Bonchev–Trinajstić information content (AvgIpc) is 2.47. The van der Waals surface area contributed by atoms with Gasteiger partial charge in [0.05, 0.1) is 17.6 Å². The van der Waals surface area contributed by atoms with Gasteiger partial charge in [-0.15, -0.1) is 0 Å². The molecule has 2 N–H and O–H groups in total. The maximum absolute atomic E-state index is 12.1. The van der Waals surface area contributed by atoms with Crippen molar-refractivity contribution in [3.63, 3.8) is 0 Å². The summed E-state index contributed by atoms with van der Waals surface area (Å²) in [5.41, 5.74) is 0.901. The molecule has 2 rings (SSSR count). The van der Waals surface area contributed by atoms with Crippen LogP contribution in [0, 0.1) is 5.92 Å². The van der Waals surface area contributed by atoms with Crippen molar-refractivity contribution in [1.82, 2.24) is 0 Å². The van der Waals surface area contributed by atoms with Crippen LogP contribution in [0.2, 0.25) is 0 Å². The summed E-state index contributed by atoms with van der Waals surface area (Å²) in [6.45, 7) is 0. The number of hydrogen-bond donors (Lipinski definition) is 2. The molecule has 22 heavy (non-hydrogen) atoms. The largest absolute Gasteiger partial charge is 0.324 e. The maximum atomic E-state index is 12.1. The van der Waals surface area contributed by atoms with E-state index >= 15 is 0 Å². The third-order valence-corrected chi connectivity index (χ3v) is 4.59. The maximum Gasteiger partial charge on any atom is 0.229 e. The minimum absolute atomic E-state index is 0.0617. The number of nitrogens with one attached hydrogen (secondary N) is 2. The van der Waals surface area contributed by atoms with Crippen LogP contribution < -0.4 is 10.0 Å². The van der Waals surface area contributed by atoms with Crippen LogP contribution in [0.25, 0.3) is 0 Å². The van der Waals surface area contributed by atoms with Crippen LogP contribution in [0.1, 0.15) is 44.9 Å². The van der Waals surface area contributed by atoms with Gasteiger partial charge in [-0.05, 0) is 24.5 Å². The number of carbonyl (C=O) groups excluding carboxylic acids is 1. The lowest BCUT2D eigenvalue weighted by atomic mass is 9.86. The van der Waals surface area contributed by atoms with Crippen LogP contribution in [0.3, 0.4) is 0 Å². The van der Waals surface area contributed by atoms with Crippen molar-refractivity contribution in [3.8, 4) is 0 Å². The van der Waals surface area contributed by atoms with Crippen molar-refractivity contribution in [2.45, 2.75) is 44.9 Å². The van der Waals surface area contributed by atoms with E-state index in [9.17, 15) is 13.2 Å². The van der Waals surface area contributed by atoms with Gasteiger partial charge in [0.25, 0.3) is 0 Å². The van der Waals surface area contributed by atoms with E-state index in [0.717, 1.165) is 12.7 Å². The van der Waals surface area contributed by atoms with Gasteiger partial charge in [0.15, 0.2) is 0 Å². The van der Waals surface area contributed by atoms with E-state index in [1.54, 1.807) is 24.3 Å². The molecule has 1 fully saturated rings. The van der Waals surface area contributed by atoms with E-state index in [1.165, 1.54) is 32.1 Å². The van der Waals surface area contributed by atoms with E-state index in [-0.39, 0.29) is 5.91 Å².